The first-order valence-corrected chi connectivity index (χ1v) is 28.0. The lowest BCUT2D eigenvalue weighted by Crippen LogP contribution is -2.30. The normalized spacial score (nSPS) is 13.3. The Bertz CT molecular complexity index is 1640. The maximum Gasteiger partial charge on any atom is 0.306 e. The molecule has 0 N–H and O–H groups in total. The van der Waals surface area contributed by atoms with Crippen LogP contribution in [0.1, 0.15) is 213 Å². The Morgan fingerprint density at radius 3 is 0.972 bits per heavy atom. The summed E-state index contributed by atoms with van der Waals surface area (Å²) in [5, 5.41) is 0. The van der Waals surface area contributed by atoms with E-state index in [-0.39, 0.29) is 50.4 Å². The summed E-state index contributed by atoms with van der Waals surface area (Å²) in [5.74, 6) is -1.12. The lowest BCUT2D eigenvalue weighted by molar-refractivity contribution is -0.166. The Labute approximate surface area is 435 Å². The van der Waals surface area contributed by atoms with E-state index in [0.717, 1.165) is 103 Å². The fraction of sp³-hybridized carbons (Fsp3) is 0.554. The molecule has 6 heteroatoms. The number of ether oxygens (including phenoxy) is 3. The molecule has 1 atom stereocenters. The highest BCUT2D eigenvalue weighted by Crippen LogP contribution is 2.11. The molecule has 0 aromatic carbocycles. The van der Waals surface area contributed by atoms with E-state index in [1.165, 1.54) is 51.4 Å². The van der Waals surface area contributed by atoms with Gasteiger partial charge in [-0.05, 0) is 135 Å². The van der Waals surface area contributed by atoms with Crippen LogP contribution in [0.25, 0.3) is 0 Å². The number of allylic oxidation sites excluding steroid dienone is 26. The van der Waals surface area contributed by atoms with Crippen LogP contribution in [0, 0.1) is 0 Å². The molecular formula is C65H100O6. The molecule has 6 nitrogen and oxygen atoms in total. The van der Waals surface area contributed by atoms with Gasteiger partial charge in [-0.2, -0.15) is 0 Å². The number of carbonyl (C=O) groups excluding carboxylic acids is 3. The van der Waals surface area contributed by atoms with Crippen molar-refractivity contribution in [3.05, 3.63) is 158 Å². The van der Waals surface area contributed by atoms with E-state index in [2.05, 4.69) is 167 Å². The standard InChI is InChI=1S/C65H100O6/c1-4-7-10-13-16-19-22-25-28-31-32-35-37-40-43-46-49-52-55-58-64(67)70-61-62(71-65(68)59-56-53-50-47-44-41-38-34-30-27-24-21-18-15-12-9-6-3)60-69-63(66)57-54-51-48-45-42-39-36-33-29-26-23-20-17-14-11-8-5-2/h9,12,16-21,25-30,32,35-36,38-41,43,45,48-49,52,62H,4-8,10-11,13-15,22-24,31,33-34,37,42,44,46-47,50-51,53-61H2,1-3H3/b12-9-,19-16-,20-17-,21-18-,28-25-,29-26-,30-27-,35-32-,39-36-,41-38-,43-40-,48-45-,52-49-/t62-/m0/s1. The first kappa shape index (κ1) is 66.0. The minimum absolute atomic E-state index is 0.147. The highest BCUT2D eigenvalue weighted by molar-refractivity contribution is 5.71. The lowest BCUT2D eigenvalue weighted by Gasteiger charge is -2.18. The molecule has 396 valence electrons. The largest absolute Gasteiger partial charge is 0.462 e. The van der Waals surface area contributed by atoms with Crippen LogP contribution in [-0.2, 0) is 28.6 Å². The van der Waals surface area contributed by atoms with Crippen LogP contribution >= 0.6 is 0 Å². The van der Waals surface area contributed by atoms with Gasteiger partial charge in [0.2, 0.25) is 0 Å². The Kier molecular flexibility index (Phi) is 53.6. The molecule has 0 bridgehead atoms. The van der Waals surface area contributed by atoms with Crippen molar-refractivity contribution in [2.24, 2.45) is 0 Å². The van der Waals surface area contributed by atoms with Crippen LogP contribution in [-0.4, -0.2) is 37.2 Å². The zero-order chi connectivity index (χ0) is 51.4. The molecule has 0 radical (unpaired) electrons. The van der Waals surface area contributed by atoms with Crippen LogP contribution in [0.15, 0.2) is 158 Å². The molecule has 71 heavy (non-hydrogen) atoms. The summed E-state index contributed by atoms with van der Waals surface area (Å²) in [4.78, 5) is 38.1. The average Bonchev–Trinajstić information content (AvgIpc) is 3.37. The van der Waals surface area contributed by atoms with Gasteiger partial charge in [-0.15, -0.1) is 0 Å². The number of rotatable bonds is 48. The van der Waals surface area contributed by atoms with E-state index in [0.29, 0.717) is 19.3 Å². The zero-order valence-electron chi connectivity index (χ0n) is 45.2. The van der Waals surface area contributed by atoms with E-state index >= 15 is 0 Å². The molecule has 0 saturated heterocycles. The molecule has 0 aliphatic rings. The molecule has 0 unspecified atom stereocenters. The summed E-state index contributed by atoms with van der Waals surface area (Å²) in [6, 6.07) is 0. The molecule has 0 aromatic rings. The quantitative estimate of drug-likeness (QED) is 0.0262. The smallest absolute Gasteiger partial charge is 0.306 e. The third kappa shape index (κ3) is 55.8. The predicted molar refractivity (Wildman–Crippen MR) is 306 cm³/mol. The number of hydrogen-bond acceptors (Lipinski definition) is 6. The van der Waals surface area contributed by atoms with E-state index in [1.807, 2.05) is 12.2 Å². The highest BCUT2D eigenvalue weighted by Gasteiger charge is 2.19. The van der Waals surface area contributed by atoms with Gasteiger partial charge < -0.3 is 14.2 Å². The van der Waals surface area contributed by atoms with Crippen molar-refractivity contribution in [1.29, 1.82) is 0 Å². The van der Waals surface area contributed by atoms with Crippen molar-refractivity contribution >= 4 is 17.9 Å². The van der Waals surface area contributed by atoms with E-state index in [9.17, 15) is 14.4 Å². The summed E-state index contributed by atoms with van der Waals surface area (Å²) in [6.45, 7) is 6.31. The van der Waals surface area contributed by atoms with Gasteiger partial charge in [-0.3, -0.25) is 14.4 Å². The van der Waals surface area contributed by atoms with Crippen LogP contribution in [0.5, 0.6) is 0 Å². The van der Waals surface area contributed by atoms with E-state index < -0.39 is 6.10 Å². The van der Waals surface area contributed by atoms with Crippen LogP contribution < -0.4 is 0 Å². The van der Waals surface area contributed by atoms with Crippen molar-refractivity contribution in [3.8, 4) is 0 Å². The van der Waals surface area contributed by atoms with Gasteiger partial charge in [0.1, 0.15) is 13.2 Å². The van der Waals surface area contributed by atoms with Gasteiger partial charge in [0, 0.05) is 19.3 Å². The Balaban J connectivity index is 4.66. The molecule has 0 aliphatic heterocycles. The Hall–Kier alpha value is -4.97. The maximum atomic E-state index is 12.8. The van der Waals surface area contributed by atoms with Crippen molar-refractivity contribution in [3.63, 3.8) is 0 Å². The summed E-state index contributed by atoms with van der Waals surface area (Å²) in [6.07, 6.45) is 83.8. The zero-order valence-corrected chi connectivity index (χ0v) is 45.2. The van der Waals surface area contributed by atoms with Crippen LogP contribution in [0.2, 0.25) is 0 Å². The molecular weight excluding hydrogens is 877 g/mol. The van der Waals surface area contributed by atoms with Gasteiger partial charge in [0.25, 0.3) is 0 Å². The third-order valence-electron chi connectivity index (χ3n) is 11.0. The van der Waals surface area contributed by atoms with Crippen molar-refractivity contribution in [2.75, 3.05) is 13.2 Å². The second kappa shape index (κ2) is 57.6. The van der Waals surface area contributed by atoms with Crippen LogP contribution in [0.4, 0.5) is 0 Å². The summed E-state index contributed by atoms with van der Waals surface area (Å²) in [5.41, 5.74) is 0. The second-order valence-electron chi connectivity index (χ2n) is 17.7. The average molecular weight is 978 g/mol. The second-order valence-corrected chi connectivity index (χ2v) is 17.7. The summed E-state index contributed by atoms with van der Waals surface area (Å²) in [7, 11) is 0. The highest BCUT2D eigenvalue weighted by atomic mass is 16.6. The van der Waals surface area contributed by atoms with Gasteiger partial charge in [-0.1, -0.05) is 217 Å². The topological polar surface area (TPSA) is 78.9 Å². The monoisotopic (exact) mass is 977 g/mol. The van der Waals surface area contributed by atoms with Gasteiger partial charge in [-0.25, -0.2) is 0 Å². The Morgan fingerprint density at radius 2 is 0.592 bits per heavy atom. The summed E-state index contributed by atoms with van der Waals surface area (Å²) >= 11 is 0. The number of unbranched alkanes of at least 4 members (excludes halogenated alkanes) is 11. The van der Waals surface area contributed by atoms with Crippen molar-refractivity contribution < 1.29 is 28.6 Å². The van der Waals surface area contributed by atoms with Gasteiger partial charge in [0.05, 0.1) is 0 Å². The third-order valence-corrected chi connectivity index (χ3v) is 11.0. The molecule has 0 fully saturated rings. The van der Waals surface area contributed by atoms with Crippen molar-refractivity contribution in [2.45, 2.75) is 219 Å². The number of carbonyl (C=O) groups is 3. The number of hydrogen-bond donors (Lipinski definition) is 0. The maximum absolute atomic E-state index is 12.8. The minimum atomic E-state index is -0.852. The molecule has 0 aromatic heterocycles. The van der Waals surface area contributed by atoms with Crippen molar-refractivity contribution in [1.82, 2.24) is 0 Å². The SMILES string of the molecule is CC/C=C\C/C=C\C/C=C\C/C=C\CCCCCCC(=O)O[C@H](COC(=O)CC/C=C\C/C=C\C/C=C\C/C=C\C/C=C\CCCCC)COC(=O)CCC/C=C\C/C=C\C/C=C\C/C=C\CCCCC. The first-order chi connectivity index (χ1) is 35.0. The number of esters is 3. The van der Waals surface area contributed by atoms with E-state index in [4.69, 9.17) is 14.2 Å². The molecule has 0 heterocycles. The molecule has 0 aliphatic carbocycles. The molecule has 0 amide bonds. The van der Waals surface area contributed by atoms with Crippen LogP contribution in [0.3, 0.4) is 0 Å². The minimum Gasteiger partial charge on any atom is -0.462 e. The van der Waals surface area contributed by atoms with Gasteiger partial charge in [0.15, 0.2) is 6.10 Å². The molecule has 0 saturated carbocycles. The lowest BCUT2D eigenvalue weighted by atomic mass is 10.1. The molecule has 0 spiro atoms. The molecule has 0 rings (SSSR count). The first-order valence-electron chi connectivity index (χ1n) is 28.0. The fourth-order valence-electron chi connectivity index (χ4n) is 6.82. The van der Waals surface area contributed by atoms with E-state index in [1.54, 1.807) is 0 Å². The van der Waals surface area contributed by atoms with Gasteiger partial charge >= 0.3 is 17.9 Å². The fourth-order valence-corrected chi connectivity index (χ4v) is 6.82. The Morgan fingerprint density at radius 1 is 0.296 bits per heavy atom. The summed E-state index contributed by atoms with van der Waals surface area (Å²) < 4.78 is 16.7. The predicted octanol–water partition coefficient (Wildman–Crippen LogP) is 19.0.